The molecule has 0 spiro atoms. The van der Waals surface area contributed by atoms with Gasteiger partial charge in [0.25, 0.3) is 0 Å². The van der Waals surface area contributed by atoms with E-state index >= 15 is 0 Å². The van der Waals surface area contributed by atoms with Crippen LogP contribution in [-0.2, 0) is 6.54 Å². The topological polar surface area (TPSA) is 12.0 Å². The number of alkyl halides is 3. The first-order valence-corrected chi connectivity index (χ1v) is 7.79. The van der Waals surface area contributed by atoms with Gasteiger partial charge in [-0.25, -0.2) is 0 Å². The minimum Gasteiger partial charge on any atom is -0.309 e. The summed E-state index contributed by atoms with van der Waals surface area (Å²) in [7, 11) is 0. The molecule has 1 N–H and O–H groups in total. The number of rotatable bonds is 3. The first-order valence-electron chi connectivity index (χ1n) is 6.62. The van der Waals surface area contributed by atoms with Crippen molar-refractivity contribution in [3.8, 4) is 0 Å². The number of benzene rings is 1. The molecule has 0 saturated heterocycles. The fraction of sp³-hybridized carbons (Fsp3) is 0.571. The maximum Gasteiger partial charge on any atom is 0.393 e. The standard InChI is InChI=1S/C14H16BrClF3N/c15-11-6-5-9(7-12(11)16)8-20-13-4-2-1-3-10(13)14(17,18)19/h5-7,10,13,20H,1-4,8H2. The molecule has 1 fully saturated rings. The number of nitrogens with one attached hydrogen (secondary N) is 1. The third-order valence-electron chi connectivity index (χ3n) is 3.74. The maximum absolute atomic E-state index is 13.0. The molecule has 1 aromatic rings. The van der Waals surface area contributed by atoms with Crippen LogP contribution in [0.5, 0.6) is 0 Å². The Morgan fingerprint density at radius 2 is 1.95 bits per heavy atom. The van der Waals surface area contributed by atoms with Crippen LogP contribution in [0.15, 0.2) is 22.7 Å². The van der Waals surface area contributed by atoms with Gasteiger partial charge in [0.1, 0.15) is 0 Å². The fourth-order valence-electron chi connectivity index (χ4n) is 2.67. The molecule has 1 aliphatic rings. The van der Waals surface area contributed by atoms with Crippen LogP contribution in [0.2, 0.25) is 5.02 Å². The SMILES string of the molecule is FC(F)(F)C1CCCCC1NCc1ccc(Br)c(Cl)c1. The molecule has 1 saturated carbocycles. The third kappa shape index (κ3) is 4.12. The van der Waals surface area contributed by atoms with Crippen molar-refractivity contribution in [1.82, 2.24) is 5.32 Å². The molecule has 6 heteroatoms. The van der Waals surface area contributed by atoms with Gasteiger partial charge in [-0.1, -0.05) is 30.5 Å². The third-order valence-corrected chi connectivity index (χ3v) is 4.97. The molecule has 2 unspecified atom stereocenters. The lowest BCUT2D eigenvalue weighted by Gasteiger charge is -2.33. The number of hydrogen-bond acceptors (Lipinski definition) is 1. The van der Waals surface area contributed by atoms with E-state index in [1.165, 1.54) is 0 Å². The minimum absolute atomic E-state index is 0.224. The van der Waals surface area contributed by atoms with Gasteiger partial charge in [0.2, 0.25) is 0 Å². The average Bonchev–Trinajstić information content (AvgIpc) is 2.39. The highest BCUT2D eigenvalue weighted by Gasteiger charge is 2.45. The molecule has 2 rings (SSSR count). The van der Waals surface area contributed by atoms with Gasteiger partial charge in [-0.3, -0.25) is 0 Å². The molecule has 0 aromatic heterocycles. The highest BCUT2D eigenvalue weighted by Crippen LogP contribution is 2.37. The van der Waals surface area contributed by atoms with E-state index in [0.717, 1.165) is 16.5 Å². The summed E-state index contributed by atoms with van der Waals surface area (Å²) in [5.74, 6) is -1.23. The monoisotopic (exact) mass is 369 g/mol. The van der Waals surface area contributed by atoms with Crippen LogP contribution < -0.4 is 5.32 Å². The zero-order valence-electron chi connectivity index (χ0n) is 10.8. The highest BCUT2D eigenvalue weighted by atomic mass is 79.9. The van der Waals surface area contributed by atoms with Crippen LogP contribution in [-0.4, -0.2) is 12.2 Å². The Balaban J connectivity index is 1.99. The second-order valence-corrected chi connectivity index (χ2v) is 6.43. The lowest BCUT2D eigenvalue weighted by atomic mass is 9.84. The van der Waals surface area contributed by atoms with Crippen molar-refractivity contribution in [2.45, 2.75) is 44.4 Å². The molecule has 0 amide bonds. The summed E-state index contributed by atoms with van der Waals surface area (Å²) in [6.45, 7) is 0.407. The van der Waals surface area contributed by atoms with Crippen LogP contribution >= 0.6 is 27.5 Å². The van der Waals surface area contributed by atoms with Gasteiger partial charge >= 0.3 is 6.18 Å². The van der Waals surface area contributed by atoms with E-state index in [0.29, 0.717) is 24.4 Å². The molecular weight excluding hydrogens is 355 g/mol. The maximum atomic E-state index is 13.0. The smallest absolute Gasteiger partial charge is 0.309 e. The summed E-state index contributed by atoms with van der Waals surface area (Å²) < 4.78 is 39.7. The van der Waals surface area contributed by atoms with E-state index in [1.807, 2.05) is 12.1 Å². The summed E-state index contributed by atoms with van der Waals surface area (Å²) in [6.07, 6.45) is -1.80. The van der Waals surface area contributed by atoms with Gasteiger partial charge in [0.15, 0.2) is 0 Å². The Labute approximate surface area is 130 Å². The highest BCUT2D eigenvalue weighted by molar-refractivity contribution is 9.10. The largest absolute Gasteiger partial charge is 0.393 e. The number of halogens is 5. The predicted octanol–water partition coefficient (Wildman–Crippen LogP) is 5.31. The van der Waals surface area contributed by atoms with Crippen molar-refractivity contribution in [2.75, 3.05) is 0 Å². The van der Waals surface area contributed by atoms with E-state index in [9.17, 15) is 13.2 Å². The summed E-state index contributed by atoms with van der Waals surface area (Å²) in [6, 6.07) is 4.94. The molecule has 1 nitrogen and oxygen atoms in total. The lowest BCUT2D eigenvalue weighted by molar-refractivity contribution is -0.189. The molecule has 0 radical (unpaired) electrons. The molecule has 1 aromatic carbocycles. The van der Waals surface area contributed by atoms with Gasteiger partial charge in [0.05, 0.1) is 10.9 Å². The number of hydrogen-bond donors (Lipinski definition) is 1. The second-order valence-electron chi connectivity index (χ2n) is 5.17. The van der Waals surface area contributed by atoms with Crippen LogP contribution in [0.4, 0.5) is 13.2 Å². The average molecular weight is 371 g/mol. The molecule has 20 heavy (non-hydrogen) atoms. The van der Waals surface area contributed by atoms with Crippen LogP contribution in [0.1, 0.15) is 31.2 Å². The lowest BCUT2D eigenvalue weighted by Crippen LogP contribution is -2.45. The van der Waals surface area contributed by atoms with E-state index < -0.39 is 18.1 Å². The van der Waals surface area contributed by atoms with Crippen molar-refractivity contribution in [3.63, 3.8) is 0 Å². The Morgan fingerprint density at radius 3 is 2.60 bits per heavy atom. The van der Waals surface area contributed by atoms with Gasteiger partial charge < -0.3 is 5.32 Å². The van der Waals surface area contributed by atoms with Crippen molar-refractivity contribution >= 4 is 27.5 Å². The van der Waals surface area contributed by atoms with Crippen molar-refractivity contribution in [2.24, 2.45) is 5.92 Å². The van der Waals surface area contributed by atoms with Crippen molar-refractivity contribution in [3.05, 3.63) is 33.3 Å². The Bertz CT molecular complexity index is 464. The summed E-state index contributed by atoms with van der Waals surface area (Å²) in [5, 5.41) is 3.62. The van der Waals surface area contributed by atoms with E-state index in [4.69, 9.17) is 11.6 Å². The normalized spacial score (nSPS) is 23.9. The van der Waals surface area contributed by atoms with E-state index in [1.54, 1.807) is 6.07 Å². The first kappa shape index (κ1) is 16.1. The van der Waals surface area contributed by atoms with Gasteiger partial charge in [-0.2, -0.15) is 13.2 Å². The zero-order chi connectivity index (χ0) is 14.8. The van der Waals surface area contributed by atoms with E-state index in [2.05, 4.69) is 21.2 Å². The molecule has 0 heterocycles. The summed E-state index contributed by atoms with van der Waals surface area (Å²) in [4.78, 5) is 0. The van der Waals surface area contributed by atoms with Crippen LogP contribution in [0.3, 0.4) is 0 Å². The van der Waals surface area contributed by atoms with Crippen LogP contribution in [0, 0.1) is 5.92 Å². The summed E-state index contributed by atoms with van der Waals surface area (Å²) in [5.41, 5.74) is 0.893. The zero-order valence-corrected chi connectivity index (χ0v) is 13.2. The second kappa shape index (κ2) is 6.67. The van der Waals surface area contributed by atoms with Crippen molar-refractivity contribution < 1.29 is 13.2 Å². The van der Waals surface area contributed by atoms with Gasteiger partial charge in [-0.15, -0.1) is 0 Å². The molecular formula is C14H16BrClF3N. The van der Waals surface area contributed by atoms with Gasteiger partial charge in [0, 0.05) is 17.1 Å². The molecule has 1 aliphatic carbocycles. The fourth-order valence-corrected chi connectivity index (χ4v) is 3.12. The molecule has 0 aliphatic heterocycles. The Morgan fingerprint density at radius 1 is 1.25 bits per heavy atom. The Kier molecular flexibility index (Phi) is 5.37. The minimum atomic E-state index is -4.12. The quantitative estimate of drug-likeness (QED) is 0.760. The summed E-state index contributed by atoms with van der Waals surface area (Å²) >= 11 is 9.27. The van der Waals surface area contributed by atoms with Crippen molar-refractivity contribution in [1.29, 1.82) is 0 Å². The molecule has 2 atom stereocenters. The van der Waals surface area contributed by atoms with Crippen LogP contribution in [0.25, 0.3) is 0 Å². The Hall–Kier alpha value is -0.260. The molecule has 112 valence electrons. The first-order chi connectivity index (χ1) is 9.38. The van der Waals surface area contributed by atoms with E-state index in [-0.39, 0.29) is 6.42 Å². The molecule has 0 bridgehead atoms. The van der Waals surface area contributed by atoms with Gasteiger partial charge in [-0.05, 0) is 46.5 Å². The predicted molar refractivity (Wildman–Crippen MR) is 77.8 cm³/mol.